The minimum atomic E-state index is -0.656. The van der Waals surface area contributed by atoms with E-state index in [9.17, 15) is 14.7 Å². The first-order valence-electron chi connectivity index (χ1n) is 12.2. The summed E-state index contributed by atoms with van der Waals surface area (Å²) in [5.74, 6) is -0.447. The van der Waals surface area contributed by atoms with Gasteiger partial charge in [-0.25, -0.2) is 0 Å². The molecule has 182 valence electrons. The van der Waals surface area contributed by atoms with Crippen LogP contribution in [-0.4, -0.2) is 59.4 Å². The zero-order valence-electron chi connectivity index (χ0n) is 20.9. The molecule has 0 radical (unpaired) electrons. The molecule has 3 rings (SSSR count). The first-order chi connectivity index (χ1) is 16.3. The van der Waals surface area contributed by atoms with Gasteiger partial charge in [-0.05, 0) is 49.2 Å². The Bertz CT molecular complexity index is 1040. The van der Waals surface area contributed by atoms with Crippen molar-refractivity contribution in [3.63, 3.8) is 0 Å². The van der Waals surface area contributed by atoms with Gasteiger partial charge >= 0.3 is 0 Å². The highest BCUT2D eigenvalue weighted by atomic mass is 16.5. The summed E-state index contributed by atoms with van der Waals surface area (Å²) < 4.78 is 5.56. The highest BCUT2D eigenvalue weighted by Gasteiger charge is 2.46. The Balaban J connectivity index is 2.10. The van der Waals surface area contributed by atoms with Gasteiger partial charge in [0.15, 0.2) is 0 Å². The summed E-state index contributed by atoms with van der Waals surface area (Å²) in [4.78, 5) is 30.2. The van der Waals surface area contributed by atoms with Crippen LogP contribution in [-0.2, 0) is 9.59 Å². The number of ether oxygens (including phenoxy) is 1. The van der Waals surface area contributed by atoms with E-state index in [4.69, 9.17) is 4.74 Å². The van der Waals surface area contributed by atoms with E-state index in [1.807, 2.05) is 31.2 Å². The zero-order valence-corrected chi connectivity index (χ0v) is 20.9. The Morgan fingerprint density at radius 2 is 1.74 bits per heavy atom. The number of aliphatic hydroxyl groups excluding tert-OH is 1. The highest BCUT2D eigenvalue weighted by Crippen LogP contribution is 2.40. The smallest absolute Gasteiger partial charge is 0.295 e. The number of ketones is 1. The van der Waals surface area contributed by atoms with E-state index >= 15 is 0 Å². The molecule has 1 aliphatic heterocycles. The number of carbonyl (C=O) groups is 2. The number of likely N-dealkylation sites (N-methyl/N-ethyl adjacent to an activating group) is 1. The average molecular weight is 465 g/mol. The van der Waals surface area contributed by atoms with E-state index in [1.54, 1.807) is 29.2 Å². The Labute approximate surface area is 202 Å². The molecule has 1 atom stereocenters. The Morgan fingerprint density at radius 3 is 2.32 bits per heavy atom. The number of hydrogen-bond donors (Lipinski definition) is 1. The molecule has 6 nitrogen and oxygen atoms in total. The van der Waals surface area contributed by atoms with Gasteiger partial charge in [0, 0.05) is 18.7 Å². The molecule has 1 unspecified atom stereocenters. The predicted molar refractivity (Wildman–Crippen MR) is 135 cm³/mol. The van der Waals surface area contributed by atoms with Crippen molar-refractivity contribution >= 4 is 17.4 Å². The summed E-state index contributed by atoms with van der Waals surface area (Å²) in [5.41, 5.74) is 2.56. The lowest BCUT2D eigenvalue weighted by Gasteiger charge is -2.28. The lowest BCUT2D eigenvalue weighted by Crippen LogP contribution is -2.38. The third-order valence-electron chi connectivity index (χ3n) is 6.43. The minimum Gasteiger partial charge on any atom is -0.507 e. The van der Waals surface area contributed by atoms with Crippen LogP contribution in [0, 0.1) is 0 Å². The van der Waals surface area contributed by atoms with Crippen LogP contribution in [0.5, 0.6) is 5.75 Å². The lowest BCUT2D eigenvalue weighted by atomic mass is 9.93. The predicted octanol–water partition coefficient (Wildman–Crippen LogP) is 4.97. The van der Waals surface area contributed by atoms with Crippen LogP contribution >= 0.6 is 0 Å². The summed E-state index contributed by atoms with van der Waals surface area (Å²) in [6.45, 7) is 13.5. The summed E-state index contributed by atoms with van der Waals surface area (Å²) >= 11 is 0. The maximum absolute atomic E-state index is 13.2. The molecule has 1 amide bonds. The topological polar surface area (TPSA) is 70.1 Å². The number of aliphatic hydroxyl groups is 1. The van der Waals surface area contributed by atoms with Gasteiger partial charge in [0.05, 0.1) is 18.2 Å². The van der Waals surface area contributed by atoms with Gasteiger partial charge in [0.1, 0.15) is 11.5 Å². The number of hydrogen-bond acceptors (Lipinski definition) is 5. The van der Waals surface area contributed by atoms with Crippen molar-refractivity contribution in [1.29, 1.82) is 0 Å². The number of Topliss-reactive ketones (excluding diaryl/α,β-unsaturated/α-hetero) is 1. The first kappa shape index (κ1) is 25.5. The third-order valence-corrected chi connectivity index (χ3v) is 6.43. The Morgan fingerprint density at radius 1 is 1.06 bits per heavy atom. The molecule has 0 aliphatic carbocycles. The molecule has 0 saturated carbocycles. The van der Waals surface area contributed by atoms with Gasteiger partial charge in [-0.15, -0.1) is 0 Å². The fourth-order valence-corrected chi connectivity index (χ4v) is 4.36. The van der Waals surface area contributed by atoms with Crippen molar-refractivity contribution in [2.24, 2.45) is 0 Å². The summed E-state index contributed by atoms with van der Waals surface area (Å²) in [5, 5.41) is 11.3. The molecule has 6 heteroatoms. The van der Waals surface area contributed by atoms with Gasteiger partial charge in [0.25, 0.3) is 11.7 Å². The molecule has 1 aliphatic rings. The van der Waals surface area contributed by atoms with E-state index in [1.165, 1.54) is 5.56 Å². The van der Waals surface area contributed by atoms with Crippen LogP contribution in [0.1, 0.15) is 63.3 Å². The molecule has 0 bridgehead atoms. The molecular formula is C28H36N2O4. The Hall–Kier alpha value is -3.12. The van der Waals surface area contributed by atoms with E-state index in [0.29, 0.717) is 36.9 Å². The van der Waals surface area contributed by atoms with E-state index in [2.05, 4.69) is 32.6 Å². The second kappa shape index (κ2) is 11.3. The van der Waals surface area contributed by atoms with E-state index in [-0.39, 0.29) is 11.3 Å². The fourth-order valence-electron chi connectivity index (χ4n) is 4.36. The van der Waals surface area contributed by atoms with Gasteiger partial charge in [-0.3, -0.25) is 9.59 Å². The maximum Gasteiger partial charge on any atom is 0.295 e. The second-order valence-electron chi connectivity index (χ2n) is 8.80. The number of rotatable bonds is 10. The van der Waals surface area contributed by atoms with Gasteiger partial charge in [-0.1, -0.05) is 64.1 Å². The minimum absolute atomic E-state index is 0.121. The molecule has 0 aromatic heterocycles. The van der Waals surface area contributed by atoms with Crippen molar-refractivity contribution in [2.75, 3.05) is 32.8 Å². The van der Waals surface area contributed by atoms with Gasteiger partial charge in [0.2, 0.25) is 0 Å². The maximum atomic E-state index is 13.2. The monoisotopic (exact) mass is 464 g/mol. The number of amides is 1. The number of benzene rings is 2. The molecule has 1 saturated heterocycles. The van der Waals surface area contributed by atoms with Crippen molar-refractivity contribution in [2.45, 2.75) is 46.6 Å². The molecule has 0 spiro atoms. The molecule has 1 N–H and O–H groups in total. The summed E-state index contributed by atoms with van der Waals surface area (Å²) in [6.07, 6.45) is 0. The first-order valence-corrected chi connectivity index (χ1v) is 12.2. The largest absolute Gasteiger partial charge is 0.507 e. The second-order valence-corrected chi connectivity index (χ2v) is 8.80. The molecule has 2 aromatic carbocycles. The summed E-state index contributed by atoms with van der Waals surface area (Å²) in [6, 6.07) is 14.3. The van der Waals surface area contributed by atoms with Crippen LogP contribution in [0.3, 0.4) is 0 Å². The van der Waals surface area contributed by atoms with Crippen molar-refractivity contribution < 1.29 is 19.4 Å². The third kappa shape index (κ3) is 5.33. The van der Waals surface area contributed by atoms with Crippen LogP contribution < -0.4 is 4.74 Å². The molecule has 1 heterocycles. The van der Waals surface area contributed by atoms with E-state index in [0.717, 1.165) is 18.7 Å². The van der Waals surface area contributed by atoms with Crippen LogP contribution in [0.4, 0.5) is 0 Å². The quantitative estimate of drug-likeness (QED) is 0.305. The number of carbonyl (C=O) groups excluding carboxylic acids is 2. The molecular weight excluding hydrogens is 428 g/mol. The van der Waals surface area contributed by atoms with Crippen molar-refractivity contribution in [1.82, 2.24) is 9.80 Å². The van der Waals surface area contributed by atoms with Crippen LogP contribution in [0.2, 0.25) is 0 Å². The van der Waals surface area contributed by atoms with Gasteiger partial charge < -0.3 is 19.6 Å². The van der Waals surface area contributed by atoms with E-state index < -0.39 is 17.7 Å². The van der Waals surface area contributed by atoms with Crippen LogP contribution in [0.25, 0.3) is 5.76 Å². The standard InChI is InChI=1S/C28H36N2O4/c1-6-29(7-2)16-17-30-25(21-14-12-20(13-15-21)19(4)5)24(27(32)28(30)33)26(31)22-10-9-11-23(18-22)34-8-3/h9-15,18-19,25,31H,6-8,16-17H2,1-5H3. The Kier molecular flexibility index (Phi) is 8.51. The van der Waals surface area contributed by atoms with Crippen LogP contribution in [0.15, 0.2) is 54.1 Å². The highest BCUT2D eigenvalue weighted by molar-refractivity contribution is 6.46. The molecule has 34 heavy (non-hydrogen) atoms. The van der Waals surface area contributed by atoms with Gasteiger partial charge in [-0.2, -0.15) is 0 Å². The van der Waals surface area contributed by atoms with Crippen molar-refractivity contribution in [3.05, 3.63) is 70.8 Å². The average Bonchev–Trinajstić information content (AvgIpc) is 3.09. The SMILES string of the molecule is CCOc1cccc(C(O)=C2C(=O)C(=O)N(CCN(CC)CC)C2c2ccc(C(C)C)cc2)c1. The number of likely N-dealkylation sites (tertiary alicyclic amines) is 1. The summed E-state index contributed by atoms with van der Waals surface area (Å²) in [7, 11) is 0. The molecule has 2 aromatic rings. The zero-order chi connectivity index (χ0) is 24.8. The normalized spacial score (nSPS) is 17.7. The van der Waals surface area contributed by atoms with Crippen molar-refractivity contribution in [3.8, 4) is 5.75 Å². The number of nitrogens with zero attached hydrogens (tertiary/aromatic N) is 2. The lowest BCUT2D eigenvalue weighted by molar-refractivity contribution is -0.140. The fraction of sp³-hybridized carbons (Fsp3) is 0.429. The molecule has 1 fully saturated rings.